The Bertz CT molecular complexity index is 3760. The quantitative estimate of drug-likeness (QED) is 0.149. The van der Waals surface area contributed by atoms with Crippen LogP contribution in [0.3, 0.4) is 0 Å². The first-order chi connectivity index (χ1) is 33.0. The average molecular weight is 863 g/mol. The van der Waals surface area contributed by atoms with Crippen LogP contribution in [-0.2, 0) is 6.42 Å². The molecular weight excluding hydrogens is 813 g/mol. The molecule has 67 heavy (non-hydrogen) atoms. The van der Waals surface area contributed by atoms with Crippen molar-refractivity contribution < 1.29 is 4.42 Å². The van der Waals surface area contributed by atoms with Crippen LogP contribution in [0.2, 0.25) is 0 Å². The summed E-state index contributed by atoms with van der Waals surface area (Å²) in [5.41, 5.74) is 14.2. The van der Waals surface area contributed by atoms with Crippen LogP contribution in [0.1, 0.15) is 55.1 Å². The van der Waals surface area contributed by atoms with Crippen molar-refractivity contribution in [2.75, 3.05) is 4.90 Å². The standard InChI is InChI=1S/C64H50N2O/c1-42-39-50(35-37-51(42)44-15-4-3-5-16-44)66(49-33-30-43(31-34-49)46-32-36-53-47(40-46)29-28-45-17-6-7-19-52(45)53)64(2)38-14-18-48(41-64)54-22-12-24-58-62(54)55-20-8-10-23-57(55)65(58)59-25-13-27-61-63(59)56-21-9-11-26-60(56)67-61/h3-8,10-20,22-40,42,51H,9,21,41H2,1-2H3. The molecule has 0 N–H and O–H groups in total. The van der Waals surface area contributed by atoms with E-state index in [1.807, 2.05) is 0 Å². The van der Waals surface area contributed by atoms with Gasteiger partial charge in [0.05, 0.1) is 22.3 Å². The summed E-state index contributed by atoms with van der Waals surface area (Å²) in [7, 11) is 0. The van der Waals surface area contributed by atoms with Crippen molar-refractivity contribution in [2.24, 2.45) is 5.92 Å². The van der Waals surface area contributed by atoms with Gasteiger partial charge < -0.3 is 13.9 Å². The second kappa shape index (κ2) is 15.6. The van der Waals surface area contributed by atoms with Gasteiger partial charge in [-0.2, -0.15) is 0 Å². The van der Waals surface area contributed by atoms with Crippen molar-refractivity contribution in [3.8, 4) is 16.8 Å². The van der Waals surface area contributed by atoms with E-state index >= 15 is 0 Å². The lowest BCUT2D eigenvalue weighted by Gasteiger charge is -2.45. The molecule has 0 radical (unpaired) electrons. The van der Waals surface area contributed by atoms with Gasteiger partial charge in [-0.3, -0.25) is 0 Å². The molecule has 3 aliphatic carbocycles. The van der Waals surface area contributed by atoms with E-state index in [-0.39, 0.29) is 5.54 Å². The van der Waals surface area contributed by atoms with E-state index in [1.165, 1.54) is 99.2 Å². The number of hydrogen-bond acceptors (Lipinski definition) is 2. The highest BCUT2D eigenvalue weighted by atomic mass is 16.3. The topological polar surface area (TPSA) is 21.3 Å². The van der Waals surface area contributed by atoms with E-state index in [9.17, 15) is 0 Å². The normalized spacial score (nSPS) is 19.1. The van der Waals surface area contributed by atoms with Gasteiger partial charge in [0.1, 0.15) is 11.3 Å². The Morgan fingerprint density at radius 2 is 1.42 bits per heavy atom. The fraction of sp³-hybridized carbons (Fsp3) is 0.125. The average Bonchev–Trinajstić information content (AvgIpc) is 3.93. The highest BCUT2D eigenvalue weighted by Crippen LogP contribution is 2.46. The van der Waals surface area contributed by atoms with Crippen molar-refractivity contribution >= 4 is 71.7 Å². The summed E-state index contributed by atoms with van der Waals surface area (Å²) in [6.45, 7) is 4.78. The Morgan fingerprint density at radius 1 is 0.657 bits per heavy atom. The lowest BCUT2D eigenvalue weighted by Crippen LogP contribution is -2.45. The molecule has 0 saturated carbocycles. The Kier molecular flexibility index (Phi) is 9.22. The summed E-state index contributed by atoms with van der Waals surface area (Å²) in [6, 6.07) is 62.7. The molecule has 13 rings (SSSR count). The van der Waals surface area contributed by atoms with Crippen molar-refractivity contribution in [1.29, 1.82) is 0 Å². The van der Waals surface area contributed by atoms with Crippen molar-refractivity contribution in [3.63, 3.8) is 0 Å². The molecule has 3 heteroatoms. The number of rotatable bonds is 7. The first kappa shape index (κ1) is 39.5. The molecule has 322 valence electrons. The summed E-state index contributed by atoms with van der Waals surface area (Å²) in [5.74, 6) is 1.61. The molecule has 0 amide bonds. The first-order valence-corrected chi connectivity index (χ1v) is 23.9. The molecule has 0 aliphatic heterocycles. The second-order valence-corrected chi connectivity index (χ2v) is 19.0. The predicted molar refractivity (Wildman–Crippen MR) is 283 cm³/mol. The number of benzene rings is 8. The van der Waals surface area contributed by atoms with Crippen LogP contribution < -0.4 is 4.90 Å². The molecule has 3 atom stereocenters. The van der Waals surface area contributed by atoms with Gasteiger partial charge >= 0.3 is 0 Å². The highest BCUT2D eigenvalue weighted by Gasteiger charge is 2.36. The van der Waals surface area contributed by atoms with E-state index < -0.39 is 0 Å². The number of fused-ring (bicyclic) bond motifs is 9. The number of furan rings is 1. The molecule has 2 aromatic heterocycles. The van der Waals surface area contributed by atoms with E-state index in [0.717, 1.165) is 30.6 Å². The zero-order valence-corrected chi connectivity index (χ0v) is 37.9. The van der Waals surface area contributed by atoms with Gasteiger partial charge in [-0.15, -0.1) is 0 Å². The van der Waals surface area contributed by atoms with Gasteiger partial charge in [-0.05, 0) is 136 Å². The monoisotopic (exact) mass is 862 g/mol. The highest BCUT2D eigenvalue weighted by molar-refractivity contribution is 6.15. The minimum absolute atomic E-state index is 0.310. The van der Waals surface area contributed by atoms with Crippen LogP contribution in [0, 0.1) is 5.92 Å². The van der Waals surface area contributed by atoms with Gasteiger partial charge in [0, 0.05) is 39.0 Å². The molecule has 8 aromatic carbocycles. The Morgan fingerprint density at radius 3 is 2.30 bits per heavy atom. The summed E-state index contributed by atoms with van der Waals surface area (Å²) in [5, 5.41) is 8.87. The third-order valence-electron chi connectivity index (χ3n) is 14.9. The number of hydrogen-bond donors (Lipinski definition) is 0. The van der Waals surface area contributed by atoms with Gasteiger partial charge in [-0.25, -0.2) is 0 Å². The second-order valence-electron chi connectivity index (χ2n) is 19.0. The SMILES string of the molecule is CC1C=C(N(c2ccc(-c3ccc4c(ccc5ccccc54)c3)cc2)C2(C)C=CC=C(c3cccc4c3c3ccccc3n4-c3cccc4oc5c(c34)CCC=C5)C2)C=CC1c1ccccc1. The minimum Gasteiger partial charge on any atom is -0.456 e. The van der Waals surface area contributed by atoms with Crippen LogP contribution in [0.5, 0.6) is 0 Å². The molecule has 3 aliphatic rings. The van der Waals surface area contributed by atoms with Crippen LogP contribution in [0.4, 0.5) is 5.69 Å². The number of aromatic nitrogens is 1. The van der Waals surface area contributed by atoms with Gasteiger partial charge in [-0.1, -0.05) is 171 Å². The van der Waals surface area contributed by atoms with Crippen LogP contribution >= 0.6 is 0 Å². The number of para-hydroxylation sites is 1. The third kappa shape index (κ3) is 6.48. The lowest BCUT2D eigenvalue weighted by molar-refractivity contribution is 0.550. The number of anilines is 1. The summed E-state index contributed by atoms with van der Waals surface area (Å²) in [4.78, 5) is 2.60. The fourth-order valence-corrected chi connectivity index (χ4v) is 11.7. The Balaban J connectivity index is 0.912. The molecule has 3 unspecified atom stereocenters. The largest absolute Gasteiger partial charge is 0.456 e. The molecule has 10 aromatic rings. The predicted octanol–water partition coefficient (Wildman–Crippen LogP) is 16.9. The van der Waals surface area contributed by atoms with Gasteiger partial charge in [0.15, 0.2) is 0 Å². The van der Waals surface area contributed by atoms with Crippen LogP contribution in [0.25, 0.3) is 82.8 Å². The van der Waals surface area contributed by atoms with Crippen molar-refractivity contribution in [3.05, 3.63) is 241 Å². The summed E-state index contributed by atoms with van der Waals surface area (Å²) >= 11 is 0. The van der Waals surface area contributed by atoms with Crippen LogP contribution in [0.15, 0.2) is 223 Å². The van der Waals surface area contributed by atoms with Crippen molar-refractivity contribution in [2.45, 2.75) is 44.6 Å². The number of nitrogens with zero attached hydrogens (tertiary/aromatic N) is 2. The lowest BCUT2D eigenvalue weighted by atomic mass is 9.80. The number of aryl methyl sites for hydroxylation is 1. The molecular formula is C64H50N2O. The van der Waals surface area contributed by atoms with E-state index in [4.69, 9.17) is 4.42 Å². The zero-order valence-electron chi connectivity index (χ0n) is 37.9. The molecule has 3 nitrogen and oxygen atoms in total. The van der Waals surface area contributed by atoms with E-state index in [2.05, 4.69) is 242 Å². The smallest absolute Gasteiger partial charge is 0.137 e. The van der Waals surface area contributed by atoms with E-state index in [0.29, 0.717) is 11.8 Å². The maximum Gasteiger partial charge on any atom is 0.137 e. The van der Waals surface area contributed by atoms with Crippen molar-refractivity contribution in [1.82, 2.24) is 4.57 Å². The number of allylic oxidation sites excluding steroid dienone is 6. The zero-order chi connectivity index (χ0) is 44.6. The fourth-order valence-electron chi connectivity index (χ4n) is 11.7. The molecule has 0 saturated heterocycles. The molecule has 0 bridgehead atoms. The van der Waals surface area contributed by atoms with E-state index in [1.54, 1.807) is 0 Å². The maximum atomic E-state index is 6.47. The maximum absolute atomic E-state index is 6.47. The third-order valence-corrected chi connectivity index (χ3v) is 14.9. The molecule has 0 fully saturated rings. The Hall–Kier alpha value is -7.88. The molecule has 0 spiro atoms. The summed E-state index contributed by atoms with van der Waals surface area (Å²) in [6.07, 6.45) is 21.6. The minimum atomic E-state index is -0.388. The summed E-state index contributed by atoms with van der Waals surface area (Å²) < 4.78 is 8.95. The van der Waals surface area contributed by atoms with Crippen LogP contribution in [-0.4, -0.2) is 10.1 Å². The van der Waals surface area contributed by atoms with Gasteiger partial charge in [0.2, 0.25) is 0 Å². The Labute approximate surface area is 391 Å². The molecule has 2 heterocycles. The first-order valence-electron chi connectivity index (χ1n) is 23.9. The van der Waals surface area contributed by atoms with Gasteiger partial charge in [0.25, 0.3) is 0 Å².